The first kappa shape index (κ1) is 16.6. The fraction of sp³-hybridized carbons (Fsp3) is 0.300. The standard InChI is InChI=1S/C20H21N3S/c1-15-12-16(2)23(20(24)19(15)13-21)14-22-10-8-18(9-11-22)17-6-4-3-5-7-17/h3-8,12H,9-11,14H2,1-2H3. The maximum atomic E-state index is 9.33. The third-order valence-corrected chi connectivity index (χ3v) is 5.02. The zero-order chi connectivity index (χ0) is 17.1. The lowest BCUT2D eigenvalue weighted by Crippen LogP contribution is -2.31. The van der Waals surface area contributed by atoms with Gasteiger partial charge in [0.25, 0.3) is 0 Å². The Morgan fingerprint density at radius 3 is 2.58 bits per heavy atom. The Labute approximate surface area is 148 Å². The van der Waals surface area contributed by atoms with Gasteiger partial charge in [-0.3, -0.25) is 4.90 Å². The second-order valence-corrected chi connectivity index (χ2v) is 6.64. The number of hydrogen-bond acceptors (Lipinski definition) is 3. The van der Waals surface area contributed by atoms with Crippen LogP contribution in [0.2, 0.25) is 0 Å². The summed E-state index contributed by atoms with van der Waals surface area (Å²) in [7, 11) is 0. The van der Waals surface area contributed by atoms with E-state index in [4.69, 9.17) is 12.2 Å². The molecule has 1 aromatic carbocycles. The first-order chi connectivity index (χ1) is 11.6. The molecule has 0 radical (unpaired) electrons. The summed E-state index contributed by atoms with van der Waals surface area (Å²) in [6.45, 7) is 6.64. The Morgan fingerprint density at radius 1 is 1.21 bits per heavy atom. The van der Waals surface area contributed by atoms with Gasteiger partial charge in [-0.15, -0.1) is 0 Å². The Morgan fingerprint density at radius 2 is 1.96 bits per heavy atom. The molecule has 1 aliphatic rings. The van der Waals surface area contributed by atoms with Gasteiger partial charge in [-0.1, -0.05) is 48.6 Å². The minimum Gasteiger partial charge on any atom is -0.322 e. The van der Waals surface area contributed by atoms with Gasteiger partial charge in [0, 0.05) is 18.8 Å². The number of pyridine rings is 1. The summed E-state index contributed by atoms with van der Waals surface area (Å²) >= 11 is 5.53. The van der Waals surface area contributed by atoms with Gasteiger partial charge < -0.3 is 4.57 Å². The van der Waals surface area contributed by atoms with E-state index in [0.717, 1.165) is 37.4 Å². The topological polar surface area (TPSA) is 32.0 Å². The molecule has 0 bridgehead atoms. The van der Waals surface area contributed by atoms with Gasteiger partial charge in [0.15, 0.2) is 0 Å². The van der Waals surface area contributed by atoms with E-state index in [1.807, 2.05) is 19.1 Å². The Kier molecular flexibility index (Phi) is 4.94. The van der Waals surface area contributed by atoms with Gasteiger partial charge in [-0.25, -0.2) is 0 Å². The highest BCUT2D eigenvalue weighted by Crippen LogP contribution is 2.23. The van der Waals surface area contributed by atoms with E-state index >= 15 is 0 Å². The maximum Gasteiger partial charge on any atom is 0.125 e. The molecule has 1 aliphatic heterocycles. The summed E-state index contributed by atoms with van der Waals surface area (Å²) < 4.78 is 2.72. The fourth-order valence-corrected chi connectivity index (χ4v) is 3.60. The molecule has 0 N–H and O–H groups in total. The normalized spacial score (nSPS) is 15.0. The molecule has 1 aromatic heterocycles. The zero-order valence-electron chi connectivity index (χ0n) is 14.1. The average Bonchev–Trinajstić information content (AvgIpc) is 2.60. The average molecular weight is 335 g/mol. The van der Waals surface area contributed by atoms with Crippen LogP contribution < -0.4 is 0 Å². The molecule has 3 nitrogen and oxygen atoms in total. The van der Waals surface area contributed by atoms with Crippen LogP contribution in [0.15, 0.2) is 42.5 Å². The SMILES string of the molecule is Cc1cc(C)n(CN2CC=C(c3ccccc3)CC2)c(=S)c1C#N. The van der Waals surface area contributed by atoms with Crippen molar-refractivity contribution in [2.75, 3.05) is 13.1 Å². The van der Waals surface area contributed by atoms with E-state index in [9.17, 15) is 5.26 Å². The van der Waals surface area contributed by atoms with E-state index in [0.29, 0.717) is 10.2 Å². The predicted molar refractivity (Wildman–Crippen MR) is 100 cm³/mol. The van der Waals surface area contributed by atoms with Gasteiger partial charge in [-0.2, -0.15) is 5.26 Å². The first-order valence-corrected chi connectivity index (χ1v) is 8.59. The highest BCUT2D eigenvalue weighted by Gasteiger charge is 2.15. The van der Waals surface area contributed by atoms with E-state index in [-0.39, 0.29) is 0 Å². The van der Waals surface area contributed by atoms with Crippen LogP contribution in [0.3, 0.4) is 0 Å². The number of nitrogens with zero attached hydrogens (tertiary/aromatic N) is 3. The number of rotatable bonds is 3. The molecule has 0 aliphatic carbocycles. The molecule has 0 unspecified atom stereocenters. The van der Waals surface area contributed by atoms with Crippen molar-refractivity contribution in [2.24, 2.45) is 0 Å². The van der Waals surface area contributed by atoms with Crippen LogP contribution in [0.5, 0.6) is 0 Å². The van der Waals surface area contributed by atoms with Crippen LogP contribution in [-0.4, -0.2) is 22.6 Å². The number of benzene rings is 1. The summed E-state index contributed by atoms with van der Waals surface area (Å²) in [5.41, 5.74) is 5.41. The molecule has 2 aromatic rings. The maximum absolute atomic E-state index is 9.33. The molecule has 0 atom stereocenters. The lowest BCUT2D eigenvalue weighted by atomic mass is 10.00. The van der Waals surface area contributed by atoms with Crippen molar-refractivity contribution in [2.45, 2.75) is 26.9 Å². The molecule has 122 valence electrons. The van der Waals surface area contributed by atoms with Gasteiger partial charge >= 0.3 is 0 Å². The molecule has 2 heterocycles. The highest BCUT2D eigenvalue weighted by molar-refractivity contribution is 7.71. The van der Waals surface area contributed by atoms with Crippen LogP contribution in [0.4, 0.5) is 0 Å². The first-order valence-electron chi connectivity index (χ1n) is 8.18. The van der Waals surface area contributed by atoms with Crippen molar-refractivity contribution in [3.05, 3.63) is 69.5 Å². The molecule has 4 heteroatoms. The van der Waals surface area contributed by atoms with Crippen LogP contribution >= 0.6 is 12.2 Å². The van der Waals surface area contributed by atoms with Crippen LogP contribution in [0, 0.1) is 29.8 Å². The second-order valence-electron chi connectivity index (χ2n) is 6.25. The van der Waals surface area contributed by atoms with Gasteiger partial charge in [0.05, 0.1) is 12.2 Å². The van der Waals surface area contributed by atoms with Crippen molar-refractivity contribution in [1.29, 1.82) is 5.26 Å². The van der Waals surface area contributed by atoms with Crippen molar-refractivity contribution in [3.63, 3.8) is 0 Å². The van der Waals surface area contributed by atoms with E-state index in [2.05, 4.69) is 52.8 Å². The number of aryl methyl sites for hydroxylation is 2. The smallest absolute Gasteiger partial charge is 0.125 e. The molecule has 0 amide bonds. The molecular weight excluding hydrogens is 314 g/mol. The molecule has 0 saturated heterocycles. The van der Waals surface area contributed by atoms with Crippen molar-refractivity contribution in [1.82, 2.24) is 9.47 Å². The van der Waals surface area contributed by atoms with Crippen LogP contribution in [-0.2, 0) is 6.67 Å². The molecule has 24 heavy (non-hydrogen) atoms. The summed E-state index contributed by atoms with van der Waals surface area (Å²) in [5, 5.41) is 9.33. The zero-order valence-corrected chi connectivity index (χ0v) is 14.9. The van der Waals surface area contributed by atoms with E-state index < -0.39 is 0 Å². The molecule has 0 spiro atoms. The summed E-state index contributed by atoms with van der Waals surface area (Å²) in [4.78, 5) is 2.37. The monoisotopic (exact) mass is 335 g/mol. The number of nitriles is 1. The van der Waals surface area contributed by atoms with E-state index in [1.54, 1.807) is 0 Å². The van der Waals surface area contributed by atoms with E-state index in [1.165, 1.54) is 11.1 Å². The minimum absolute atomic E-state index is 0.619. The van der Waals surface area contributed by atoms with Crippen molar-refractivity contribution < 1.29 is 0 Å². The molecule has 0 saturated carbocycles. The largest absolute Gasteiger partial charge is 0.322 e. The van der Waals surface area contributed by atoms with Crippen LogP contribution in [0.1, 0.15) is 28.8 Å². The fourth-order valence-electron chi connectivity index (χ4n) is 3.19. The predicted octanol–water partition coefficient (Wildman–Crippen LogP) is 4.45. The van der Waals surface area contributed by atoms with Crippen molar-refractivity contribution in [3.8, 4) is 6.07 Å². The number of hydrogen-bond donors (Lipinski definition) is 0. The third kappa shape index (κ3) is 3.33. The molecular formula is C20H21N3S. The molecule has 3 rings (SSSR count). The lowest BCUT2D eigenvalue weighted by Gasteiger charge is -2.28. The summed E-state index contributed by atoms with van der Waals surface area (Å²) in [6.07, 6.45) is 3.34. The van der Waals surface area contributed by atoms with Gasteiger partial charge in [-0.05, 0) is 43.0 Å². The third-order valence-electron chi connectivity index (χ3n) is 4.60. The summed E-state index contributed by atoms with van der Waals surface area (Å²) in [6, 6.07) is 14.8. The Hall–Kier alpha value is -2.22. The van der Waals surface area contributed by atoms with Gasteiger partial charge in [0.2, 0.25) is 0 Å². The molecule has 0 fully saturated rings. The van der Waals surface area contributed by atoms with Crippen molar-refractivity contribution >= 4 is 17.8 Å². The Balaban J connectivity index is 1.79. The Bertz CT molecular complexity index is 872. The quantitative estimate of drug-likeness (QED) is 0.777. The second kappa shape index (κ2) is 7.12. The minimum atomic E-state index is 0.619. The van der Waals surface area contributed by atoms with Gasteiger partial charge in [0.1, 0.15) is 10.7 Å². The number of aromatic nitrogens is 1. The highest BCUT2D eigenvalue weighted by atomic mass is 32.1. The van der Waals surface area contributed by atoms with Crippen LogP contribution in [0.25, 0.3) is 5.57 Å². The lowest BCUT2D eigenvalue weighted by molar-refractivity contribution is 0.236. The summed E-state index contributed by atoms with van der Waals surface area (Å²) in [5.74, 6) is 0.